The van der Waals surface area contributed by atoms with Crippen LogP contribution in [0.2, 0.25) is 0 Å². The first-order valence-electron chi connectivity index (χ1n) is 7.39. The summed E-state index contributed by atoms with van der Waals surface area (Å²) in [5.74, 6) is 0.169. The summed E-state index contributed by atoms with van der Waals surface area (Å²) in [4.78, 5) is 14.6. The molecule has 20 heavy (non-hydrogen) atoms. The Hall–Kier alpha value is -1.35. The first-order chi connectivity index (χ1) is 9.38. The van der Waals surface area contributed by atoms with Crippen LogP contribution in [0.3, 0.4) is 0 Å². The van der Waals surface area contributed by atoms with Crippen LogP contribution in [0.25, 0.3) is 0 Å². The van der Waals surface area contributed by atoms with Gasteiger partial charge in [-0.25, -0.2) is 4.79 Å². The molecule has 1 aromatic carbocycles. The Kier molecular flexibility index (Phi) is 4.48. The summed E-state index contributed by atoms with van der Waals surface area (Å²) in [5.41, 5.74) is 0.820. The maximum Gasteiger partial charge on any atom is 0.338 e. The number of carbonyl (C=O) groups is 1. The van der Waals surface area contributed by atoms with Crippen LogP contribution >= 0.6 is 0 Å². The van der Waals surface area contributed by atoms with Gasteiger partial charge < -0.3 is 4.74 Å². The van der Waals surface area contributed by atoms with Crippen molar-refractivity contribution in [1.82, 2.24) is 4.90 Å². The molecule has 0 bridgehead atoms. The van der Waals surface area contributed by atoms with Crippen LogP contribution in [0.5, 0.6) is 0 Å². The largest absolute Gasteiger partial charge is 0.458 e. The van der Waals surface area contributed by atoms with Crippen molar-refractivity contribution in [2.75, 3.05) is 13.1 Å². The molecule has 1 fully saturated rings. The molecule has 0 aliphatic carbocycles. The lowest BCUT2D eigenvalue weighted by atomic mass is 9.92. The quantitative estimate of drug-likeness (QED) is 0.775. The third-order valence-electron chi connectivity index (χ3n) is 4.04. The molecule has 1 aromatic rings. The lowest BCUT2D eigenvalue weighted by molar-refractivity contribution is -0.0274. The van der Waals surface area contributed by atoms with Gasteiger partial charge in [0.15, 0.2) is 0 Å². The summed E-state index contributed by atoms with van der Waals surface area (Å²) in [7, 11) is 0. The van der Waals surface area contributed by atoms with E-state index in [1.54, 1.807) is 12.1 Å². The molecule has 1 saturated heterocycles. The molecule has 2 atom stereocenters. The van der Waals surface area contributed by atoms with E-state index in [0.717, 1.165) is 19.5 Å². The minimum Gasteiger partial charge on any atom is -0.458 e. The van der Waals surface area contributed by atoms with Crippen molar-refractivity contribution in [1.29, 1.82) is 0 Å². The highest BCUT2D eigenvalue weighted by Gasteiger charge is 2.33. The summed E-state index contributed by atoms with van der Waals surface area (Å²) in [6, 6.07) is 9.24. The number of piperidine rings is 1. The maximum atomic E-state index is 12.1. The van der Waals surface area contributed by atoms with Crippen molar-refractivity contribution in [3.8, 4) is 0 Å². The number of esters is 1. The Morgan fingerprint density at radius 1 is 1.25 bits per heavy atom. The van der Waals surface area contributed by atoms with Crippen LogP contribution in [0.4, 0.5) is 0 Å². The van der Waals surface area contributed by atoms with Gasteiger partial charge in [-0.15, -0.1) is 0 Å². The average Bonchev–Trinajstić information content (AvgIpc) is 2.41. The Morgan fingerprint density at radius 2 is 1.90 bits per heavy atom. The predicted molar refractivity (Wildman–Crippen MR) is 80.8 cm³/mol. The third kappa shape index (κ3) is 3.60. The van der Waals surface area contributed by atoms with E-state index in [4.69, 9.17) is 4.74 Å². The van der Waals surface area contributed by atoms with Crippen LogP contribution in [0.15, 0.2) is 30.3 Å². The van der Waals surface area contributed by atoms with E-state index < -0.39 is 0 Å². The van der Waals surface area contributed by atoms with Gasteiger partial charge in [0, 0.05) is 24.5 Å². The highest BCUT2D eigenvalue weighted by atomic mass is 16.5. The SMILES string of the molecule is CC1CN(C(C)(C)C)CCC1OC(=O)c1ccccc1. The Labute approximate surface area is 121 Å². The van der Waals surface area contributed by atoms with Crippen molar-refractivity contribution < 1.29 is 9.53 Å². The number of hydrogen-bond acceptors (Lipinski definition) is 3. The summed E-state index contributed by atoms with van der Waals surface area (Å²) in [6.45, 7) is 10.8. The molecule has 0 radical (unpaired) electrons. The summed E-state index contributed by atoms with van der Waals surface area (Å²) in [6.07, 6.45) is 0.943. The number of rotatable bonds is 2. The molecule has 3 heteroatoms. The first-order valence-corrected chi connectivity index (χ1v) is 7.39. The molecule has 1 aliphatic rings. The van der Waals surface area contributed by atoms with E-state index in [2.05, 4.69) is 32.6 Å². The molecule has 0 amide bonds. The summed E-state index contributed by atoms with van der Waals surface area (Å²) in [5, 5.41) is 0. The minimum atomic E-state index is -0.202. The van der Waals surface area contributed by atoms with Crippen molar-refractivity contribution in [3.63, 3.8) is 0 Å². The van der Waals surface area contributed by atoms with Gasteiger partial charge in [0.25, 0.3) is 0 Å². The zero-order chi connectivity index (χ0) is 14.8. The van der Waals surface area contributed by atoms with E-state index in [-0.39, 0.29) is 17.6 Å². The number of hydrogen-bond donors (Lipinski definition) is 0. The normalized spacial score (nSPS) is 24.4. The van der Waals surface area contributed by atoms with Gasteiger partial charge in [-0.1, -0.05) is 25.1 Å². The molecule has 110 valence electrons. The van der Waals surface area contributed by atoms with Crippen LogP contribution in [-0.2, 0) is 4.74 Å². The van der Waals surface area contributed by atoms with E-state index in [1.165, 1.54) is 0 Å². The molecule has 1 aliphatic heterocycles. The van der Waals surface area contributed by atoms with E-state index in [0.29, 0.717) is 11.5 Å². The number of likely N-dealkylation sites (tertiary alicyclic amines) is 1. The van der Waals surface area contributed by atoms with E-state index in [9.17, 15) is 4.79 Å². The molecule has 1 heterocycles. The van der Waals surface area contributed by atoms with Gasteiger partial charge in [0.05, 0.1) is 5.56 Å². The van der Waals surface area contributed by atoms with Crippen molar-refractivity contribution in [2.24, 2.45) is 5.92 Å². The van der Waals surface area contributed by atoms with Crippen LogP contribution < -0.4 is 0 Å². The molecule has 2 rings (SSSR count). The monoisotopic (exact) mass is 275 g/mol. The van der Waals surface area contributed by atoms with E-state index in [1.807, 2.05) is 18.2 Å². The zero-order valence-electron chi connectivity index (χ0n) is 12.9. The molecule has 0 spiro atoms. The Balaban J connectivity index is 1.94. The number of nitrogens with zero attached hydrogens (tertiary/aromatic N) is 1. The van der Waals surface area contributed by atoms with Gasteiger partial charge in [0.2, 0.25) is 0 Å². The fourth-order valence-electron chi connectivity index (χ4n) is 2.69. The van der Waals surface area contributed by atoms with Crippen molar-refractivity contribution in [2.45, 2.75) is 45.8 Å². The second kappa shape index (κ2) is 5.96. The van der Waals surface area contributed by atoms with Gasteiger partial charge in [0.1, 0.15) is 6.10 Å². The fraction of sp³-hybridized carbons (Fsp3) is 0.588. The first kappa shape index (κ1) is 15.0. The van der Waals surface area contributed by atoms with Gasteiger partial charge >= 0.3 is 5.97 Å². The molecule has 0 N–H and O–H groups in total. The van der Waals surface area contributed by atoms with Crippen molar-refractivity contribution in [3.05, 3.63) is 35.9 Å². The van der Waals surface area contributed by atoms with E-state index >= 15 is 0 Å². The molecule has 0 saturated carbocycles. The van der Waals surface area contributed by atoms with Gasteiger partial charge in [-0.05, 0) is 39.3 Å². The summed E-state index contributed by atoms with van der Waals surface area (Å²) >= 11 is 0. The molecular formula is C17H25NO2. The Bertz CT molecular complexity index is 450. The summed E-state index contributed by atoms with van der Waals surface area (Å²) < 4.78 is 5.69. The number of ether oxygens (including phenoxy) is 1. The zero-order valence-corrected chi connectivity index (χ0v) is 12.9. The van der Waals surface area contributed by atoms with Gasteiger partial charge in [-0.3, -0.25) is 4.90 Å². The Morgan fingerprint density at radius 3 is 2.45 bits per heavy atom. The predicted octanol–water partition coefficient (Wildman–Crippen LogP) is 3.35. The van der Waals surface area contributed by atoms with Gasteiger partial charge in [-0.2, -0.15) is 0 Å². The number of benzene rings is 1. The minimum absolute atomic E-state index is 0.0290. The maximum absolute atomic E-state index is 12.1. The number of carbonyl (C=O) groups excluding carboxylic acids is 1. The topological polar surface area (TPSA) is 29.5 Å². The molecule has 2 unspecified atom stereocenters. The van der Waals surface area contributed by atoms with Crippen LogP contribution in [0, 0.1) is 5.92 Å². The second-order valence-corrected chi connectivity index (χ2v) is 6.69. The third-order valence-corrected chi connectivity index (χ3v) is 4.04. The fourth-order valence-corrected chi connectivity index (χ4v) is 2.69. The lowest BCUT2D eigenvalue weighted by Gasteiger charge is -2.43. The highest BCUT2D eigenvalue weighted by molar-refractivity contribution is 5.89. The smallest absolute Gasteiger partial charge is 0.338 e. The average molecular weight is 275 g/mol. The molecule has 3 nitrogen and oxygen atoms in total. The molecule has 0 aromatic heterocycles. The standard InChI is InChI=1S/C17H25NO2/c1-13-12-18(17(2,3)4)11-10-15(13)20-16(19)14-8-6-5-7-9-14/h5-9,13,15H,10-12H2,1-4H3. The molecular weight excluding hydrogens is 250 g/mol. The van der Waals surface area contributed by atoms with Crippen LogP contribution in [0.1, 0.15) is 44.5 Å². The van der Waals surface area contributed by atoms with Crippen molar-refractivity contribution >= 4 is 5.97 Å². The highest BCUT2D eigenvalue weighted by Crippen LogP contribution is 2.26. The second-order valence-electron chi connectivity index (χ2n) is 6.69. The van der Waals surface area contributed by atoms with Crippen LogP contribution in [-0.4, -0.2) is 35.6 Å². The lowest BCUT2D eigenvalue weighted by Crippen LogP contribution is -2.51.